The van der Waals surface area contributed by atoms with E-state index in [9.17, 15) is 0 Å². The predicted octanol–water partition coefficient (Wildman–Crippen LogP) is 4.19. The van der Waals surface area contributed by atoms with Gasteiger partial charge >= 0.3 is 0 Å². The molecule has 0 heterocycles. The first kappa shape index (κ1) is 13.4. The lowest BCUT2D eigenvalue weighted by Gasteiger charge is -2.16. The summed E-state index contributed by atoms with van der Waals surface area (Å²) in [5.41, 5.74) is 2.22. The van der Waals surface area contributed by atoms with Gasteiger partial charge in [-0.15, -0.1) is 0 Å². The van der Waals surface area contributed by atoms with Crippen LogP contribution in [0.15, 0.2) is 46.5 Å². The van der Waals surface area contributed by atoms with Gasteiger partial charge in [-0.05, 0) is 24.8 Å². The van der Waals surface area contributed by atoms with E-state index in [1.54, 1.807) is 0 Å². The summed E-state index contributed by atoms with van der Waals surface area (Å²) in [5, 5.41) is 0. The first-order valence-electron chi connectivity index (χ1n) is 5.72. The van der Waals surface area contributed by atoms with E-state index in [0.29, 0.717) is 0 Å². The number of hydrogen-bond donors (Lipinski definition) is 0. The second-order valence-corrected chi connectivity index (χ2v) is 5.04. The maximum Gasteiger partial charge on any atom is 0.132 e. The van der Waals surface area contributed by atoms with Gasteiger partial charge in [-0.25, -0.2) is 9.98 Å². The van der Waals surface area contributed by atoms with E-state index in [0.717, 1.165) is 11.4 Å². The maximum atomic E-state index is 4.42. The minimum absolute atomic E-state index is 0.0742. The molecule has 0 spiro atoms. The van der Waals surface area contributed by atoms with Crippen molar-refractivity contribution in [3.05, 3.63) is 42.1 Å². The number of hydrogen-bond acceptors (Lipinski definition) is 1. The van der Waals surface area contributed by atoms with Crippen LogP contribution in [-0.4, -0.2) is 12.6 Å². The van der Waals surface area contributed by atoms with E-state index in [4.69, 9.17) is 0 Å². The summed E-state index contributed by atoms with van der Waals surface area (Å²) < 4.78 is 0. The van der Waals surface area contributed by atoms with Crippen molar-refractivity contribution in [2.75, 3.05) is 0 Å². The standard InChI is InChI=1S/C15H20N2/c1-12(13-9-7-6-8-10-13)11-17-14(16-5)15(2,3)4/h6-11H,5H2,1-4H3/b12-11+,17-14?. The fourth-order valence-electron chi connectivity index (χ4n) is 1.41. The summed E-state index contributed by atoms with van der Waals surface area (Å²) in [6.07, 6.45) is 1.85. The van der Waals surface area contributed by atoms with E-state index in [1.165, 1.54) is 5.56 Å². The summed E-state index contributed by atoms with van der Waals surface area (Å²) >= 11 is 0. The van der Waals surface area contributed by atoms with Gasteiger partial charge in [0, 0.05) is 11.6 Å². The molecule has 0 aliphatic carbocycles. The molecule has 0 fully saturated rings. The van der Waals surface area contributed by atoms with Crippen LogP contribution in [0.5, 0.6) is 0 Å². The molecule has 1 rings (SSSR count). The highest BCUT2D eigenvalue weighted by Gasteiger charge is 2.16. The molecule has 17 heavy (non-hydrogen) atoms. The average molecular weight is 228 g/mol. The molecule has 0 saturated carbocycles. The Bertz CT molecular complexity index is 434. The van der Waals surface area contributed by atoms with Crippen LogP contribution in [0.3, 0.4) is 0 Å². The van der Waals surface area contributed by atoms with Crippen LogP contribution in [0.25, 0.3) is 5.57 Å². The first-order valence-corrected chi connectivity index (χ1v) is 5.72. The van der Waals surface area contributed by atoms with Crippen LogP contribution in [0.4, 0.5) is 0 Å². The number of benzene rings is 1. The van der Waals surface area contributed by atoms with Crippen LogP contribution in [-0.2, 0) is 0 Å². The minimum Gasteiger partial charge on any atom is -0.249 e. The van der Waals surface area contributed by atoms with E-state index < -0.39 is 0 Å². The van der Waals surface area contributed by atoms with Gasteiger partial charge in [-0.2, -0.15) is 0 Å². The molecule has 0 aliphatic heterocycles. The Kier molecular flexibility index (Phi) is 4.38. The molecule has 90 valence electrons. The van der Waals surface area contributed by atoms with E-state index in [-0.39, 0.29) is 5.41 Å². The molecular weight excluding hydrogens is 208 g/mol. The zero-order valence-corrected chi connectivity index (χ0v) is 11.1. The third-order valence-electron chi connectivity index (χ3n) is 2.43. The molecule has 0 amide bonds. The Labute approximate surface area is 104 Å². The molecule has 0 atom stereocenters. The van der Waals surface area contributed by atoms with Crippen molar-refractivity contribution in [3.63, 3.8) is 0 Å². The molecule has 0 unspecified atom stereocenters. The van der Waals surface area contributed by atoms with Crippen molar-refractivity contribution < 1.29 is 0 Å². The first-order chi connectivity index (χ1) is 7.95. The van der Waals surface area contributed by atoms with Crippen LogP contribution >= 0.6 is 0 Å². The van der Waals surface area contributed by atoms with Crippen molar-refractivity contribution in [1.29, 1.82) is 0 Å². The van der Waals surface area contributed by atoms with Gasteiger partial charge in [0.2, 0.25) is 0 Å². The van der Waals surface area contributed by atoms with Crippen LogP contribution in [0.2, 0.25) is 0 Å². The van der Waals surface area contributed by atoms with Gasteiger partial charge in [0.15, 0.2) is 0 Å². The number of allylic oxidation sites excluding steroid dienone is 1. The highest BCUT2D eigenvalue weighted by molar-refractivity contribution is 5.91. The normalized spacial score (nSPS) is 13.6. The van der Waals surface area contributed by atoms with Gasteiger partial charge in [0.05, 0.1) is 0 Å². The van der Waals surface area contributed by atoms with Gasteiger partial charge in [-0.1, -0.05) is 51.1 Å². The molecule has 2 nitrogen and oxygen atoms in total. The fraction of sp³-hybridized carbons (Fsp3) is 0.333. The van der Waals surface area contributed by atoms with Gasteiger partial charge in [0.25, 0.3) is 0 Å². The van der Waals surface area contributed by atoms with Crippen molar-refractivity contribution in [2.45, 2.75) is 27.7 Å². The lowest BCUT2D eigenvalue weighted by Crippen LogP contribution is -2.17. The SMILES string of the molecule is C=NC(=N/C=C(\C)c1ccccc1)C(C)(C)C. The average Bonchev–Trinajstić information content (AvgIpc) is 2.29. The van der Waals surface area contributed by atoms with Crippen molar-refractivity contribution in [1.82, 2.24) is 0 Å². The number of amidine groups is 1. The van der Waals surface area contributed by atoms with Crippen molar-refractivity contribution in [3.8, 4) is 0 Å². The molecule has 1 aromatic carbocycles. The molecule has 0 aromatic heterocycles. The lowest BCUT2D eigenvalue weighted by molar-refractivity contribution is 0.585. The molecule has 0 saturated heterocycles. The van der Waals surface area contributed by atoms with E-state index in [2.05, 4.69) is 49.6 Å². The quantitative estimate of drug-likeness (QED) is 0.535. The Morgan fingerprint density at radius 2 is 1.76 bits per heavy atom. The predicted molar refractivity (Wildman–Crippen MR) is 76.5 cm³/mol. The molecular formula is C15H20N2. The smallest absolute Gasteiger partial charge is 0.132 e. The molecule has 0 radical (unpaired) electrons. The van der Waals surface area contributed by atoms with Crippen molar-refractivity contribution in [2.24, 2.45) is 15.4 Å². The second-order valence-electron chi connectivity index (χ2n) is 5.04. The highest BCUT2D eigenvalue weighted by atomic mass is 14.9. The largest absolute Gasteiger partial charge is 0.249 e. The van der Waals surface area contributed by atoms with Crippen molar-refractivity contribution >= 4 is 18.1 Å². The highest BCUT2D eigenvalue weighted by Crippen LogP contribution is 2.18. The zero-order valence-electron chi connectivity index (χ0n) is 11.1. The summed E-state index contributed by atoms with van der Waals surface area (Å²) in [5.74, 6) is 0.757. The van der Waals surface area contributed by atoms with E-state index >= 15 is 0 Å². The third kappa shape index (κ3) is 3.99. The maximum absolute atomic E-state index is 4.42. The van der Waals surface area contributed by atoms with Gasteiger partial charge < -0.3 is 0 Å². The fourth-order valence-corrected chi connectivity index (χ4v) is 1.41. The van der Waals surface area contributed by atoms with Crippen LogP contribution in [0.1, 0.15) is 33.3 Å². The summed E-state index contributed by atoms with van der Waals surface area (Å²) in [6, 6.07) is 10.2. The molecule has 0 aliphatic rings. The molecule has 1 aromatic rings. The van der Waals surface area contributed by atoms with Crippen LogP contribution < -0.4 is 0 Å². The molecule has 2 heteroatoms. The third-order valence-corrected chi connectivity index (χ3v) is 2.43. The summed E-state index contributed by atoms with van der Waals surface area (Å²) in [4.78, 5) is 8.40. The number of aliphatic imine (C=N–C) groups is 2. The number of rotatable bonds is 2. The Morgan fingerprint density at radius 3 is 2.24 bits per heavy atom. The summed E-state index contributed by atoms with van der Waals surface area (Å²) in [6.45, 7) is 11.8. The monoisotopic (exact) mass is 228 g/mol. The Hall–Kier alpha value is -1.70. The van der Waals surface area contributed by atoms with Crippen LogP contribution in [0, 0.1) is 5.41 Å². The van der Waals surface area contributed by atoms with Gasteiger partial charge in [-0.3, -0.25) is 0 Å². The minimum atomic E-state index is -0.0742. The second kappa shape index (κ2) is 5.58. The van der Waals surface area contributed by atoms with E-state index in [1.807, 2.05) is 31.3 Å². The molecule has 0 N–H and O–H groups in total. The zero-order chi connectivity index (χ0) is 12.9. The Balaban J connectivity index is 2.97. The number of nitrogens with zero attached hydrogens (tertiary/aromatic N) is 2. The topological polar surface area (TPSA) is 24.7 Å². The Morgan fingerprint density at radius 1 is 1.18 bits per heavy atom. The lowest BCUT2D eigenvalue weighted by atomic mass is 9.95. The summed E-state index contributed by atoms with van der Waals surface area (Å²) in [7, 11) is 0. The van der Waals surface area contributed by atoms with Gasteiger partial charge in [0.1, 0.15) is 5.84 Å². The molecule has 0 bridgehead atoms.